The average molecular weight is 178 g/mol. The lowest BCUT2D eigenvalue weighted by Crippen LogP contribution is -2.10. The molecule has 1 nitrogen and oxygen atoms in total. The Hall–Kier alpha value is -0.980. The summed E-state index contributed by atoms with van der Waals surface area (Å²) in [6.07, 6.45) is 1.36. The van der Waals surface area contributed by atoms with Crippen molar-refractivity contribution in [3.05, 3.63) is 29.3 Å². The van der Waals surface area contributed by atoms with Crippen LogP contribution in [0.5, 0.6) is 5.75 Å². The molecule has 0 N–H and O–H groups in total. The van der Waals surface area contributed by atoms with Gasteiger partial charge in [0, 0.05) is 0 Å². The largest absolute Gasteiger partial charge is 0.490 e. The van der Waals surface area contributed by atoms with E-state index in [1.54, 1.807) is 0 Å². The molecule has 0 aliphatic carbocycles. The van der Waals surface area contributed by atoms with Crippen molar-refractivity contribution in [2.75, 3.05) is 0 Å². The Morgan fingerprint density at radius 1 is 1.31 bits per heavy atom. The van der Waals surface area contributed by atoms with E-state index in [-0.39, 0.29) is 0 Å². The molecule has 0 aliphatic heterocycles. The van der Waals surface area contributed by atoms with Crippen molar-refractivity contribution in [2.24, 2.45) is 0 Å². The highest BCUT2D eigenvalue weighted by molar-refractivity contribution is 5.35. The summed E-state index contributed by atoms with van der Waals surface area (Å²) >= 11 is 0. The number of benzene rings is 1. The molecule has 0 aliphatic rings. The molecule has 0 heterocycles. The van der Waals surface area contributed by atoms with Crippen LogP contribution in [0.3, 0.4) is 0 Å². The minimum atomic E-state index is 0.307. The Kier molecular flexibility index (Phi) is 3.35. The molecule has 1 aromatic carbocycles. The molecule has 1 aromatic rings. The molecule has 1 atom stereocenters. The molecule has 1 unspecified atom stereocenters. The molecule has 1 heteroatoms. The third-order valence-corrected chi connectivity index (χ3v) is 2.23. The van der Waals surface area contributed by atoms with E-state index in [4.69, 9.17) is 4.74 Å². The van der Waals surface area contributed by atoms with Crippen LogP contribution in [0.2, 0.25) is 0 Å². The lowest BCUT2D eigenvalue weighted by atomic mass is 10.1. The number of aryl methyl sites for hydroxylation is 2. The van der Waals surface area contributed by atoms with E-state index in [2.05, 4.69) is 45.9 Å². The van der Waals surface area contributed by atoms with E-state index in [9.17, 15) is 0 Å². The first kappa shape index (κ1) is 10.1. The van der Waals surface area contributed by atoms with Gasteiger partial charge in [-0.1, -0.05) is 24.6 Å². The second-order valence-electron chi connectivity index (χ2n) is 3.61. The van der Waals surface area contributed by atoms with Gasteiger partial charge in [0.05, 0.1) is 6.10 Å². The molecule has 0 saturated carbocycles. The molecule has 72 valence electrons. The molecule has 1 rings (SSSR count). The van der Waals surface area contributed by atoms with Crippen LogP contribution in [0.15, 0.2) is 18.2 Å². The van der Waals surface area contributed by atoms with Crippen LogP contribution in [0.25, 0.3) is 0 Å². The van der Waals surface area contributed by atoms with Crippen molar-refractivity contribution in [3.63, 3.8) is 0 Å². The first-order valence-electron chi connectivity index (χ1n) is 4.87. The number of hydrogen-bond donors (Lipinski definition) is 0. The van der Waals surface area contributed by atoms with Gasteiger partial charge in [0.25, 0.3) is 0 Å². The van der Waals surface area contributed by atoms with Gasteiger partial charge in [0.15, 0.2) is 0 Å². The molecule has 0 fully saturated rings. The molecule has 0 saturated heterocycles. The fourth-order valence-corrected chi connectivity index (χ4v) is 1.23. The van der Waals surface area contributed by atoms with Crippen molar-refractivity contribution in [3.8, 4) is 5.75 Å². The van der Waals surface area contributed by atoms with E-state index in [0.717, 1.165) is 12.2 Å². The smallest absolute Gasteiger partial charge is 0.122 e. The summed E-state index contributed by atoms with van der Waals surface area (Å²) in [4.78, 5) is 0. The maximum Gasteiger partial charge on any atom is 0.122 e. The fourth-order valence-electron chi connectivity index (χ4n) is 1.23. The van der Waals surface area contributed by atoms with Gasteiger partial charge in [0.2, 0.25) is 0 Å². The summed E-state index contributed by atoms with van der Waals surface area (Å²) in [6, 6.07) is 6.29. The van der Waals surface area contributed by atoms with Crippen LogP contribution in [-0.4, -0.2) is 6.10 Å². The predicted octanol–water partition coefficient (Wildman–Crippen LogP) is 3.48. The van der Waals surface area contributed by atoms with Gasteiger partial charge in [-0.3, -0.25) is 0 Å². The zero-order chi connectivity index (χ0) is 9.84. The summed E-state index contributed by atoms with van der Waals surface area (Å²) in [7, 11) is 0. The molecule has 0 spiro atoms. The summed E-state index contributed by atoms with van der Waals surface area (Å²) in [5, 5.41) is 0. The Balaban J connectivity index is 2.77. The first-order valence-corrected chi connectivity index (χ1v) is 4.87. The highest BCUT2D eigenvalue weighted by Crippen LogP contribution is 2.20. The lowest BCUT2D eigenvalue weighted by Gasteiger charge is -2.14. The average Bonchev–Trinajstić information content (AvgIpc) is 2.09. The van der Waals surface area contributed by atoms with E-state index in [1.165, 1.54) is 11.1 Å². The number of rotatable bonds is 3. The van der Waals surface area contributed by atoms with E-state index in [1.807, 2.05) is 0 Å². The van der Waals surface area contributed by atoms with Crippen LogP contribution in [0.4, 0.5) is 0 Å². The van der Waals surface area contributed by atoms with Crippen molar-refractivity contribution in [2.45, 2.75) is 40.2 Å². The van der Waals surface area contributed by atoms with Crippen molar-refractivity contribution in [1.29, 1.82) is 0 Å². The SMILES string of the molecule is CCC(C)Oc1ccc(C)cc1C. The second-order valence-corrected chi connectivity index (χ2v) is 3.61. The number of ether oxygens (including phenoxy) is 1. The highest BCUT2D eigenvalue weighted by atomic mass is 16.5. The summed E-state index contributed by atoms with van der Waals surface area (Å²) in [5.74, 6) is 1.01. The first-order chi connectivity index (χ1) is 6.13. The maximum atomic E-state index is 5.75. The van der Waals surface area contributed by atoms with Gasteiger partial charge in [-0.15, -0.1) is 0 Å². The van der Waals surface area contributed by atoms with E-state index >= 15 is 0 Å². The summed E-state index contributed by atoms with van der Waals surface area (Å²) < 4.78 is 5.75. The fraction of sp³-hybridized carbons (Fsp3) is 0.500. The van der Waals surface area contributed by atoms with E-state index in [0.29, 0.717) is 6.10 Å². The van der Waals surface area contributed by atoms with Gasteiger partial charge < -0.3 is 4.74 Å². The molecular formula is C12H18O. The minimum absolute atomic E-state index is 0.307. The van der Waals surface area contributed by atoms with Crippen LogP contribution < -0.4 is 4.74 Å². The van der Waals surface area contributed by atoms with Crippen LogP contribution in [0, 0.1) is 13.8 Å². The normalized spacial score (nSPS) is 12.6. The van der Waals surface area contributed by atoms with Crippen LogP contribution >= 0.6 is 0 Å². The van der Waals surface area contributed by atoms with Gasteiger partial charge in [-0.2, -0.15) is 0 Å². The predicted molar refractivity (Wildman–Crippen MR) is 56.3 cm³/mol. The third-order valence-electron chi connectivity index (χ3n) is 2.23. The zero-order valence-electron chi connectivity index (χ0n) is 8.92. The van der Waals surface area contributed by atoms with Crippen LogP contribution in [0.1, 0.15) is 31.4 Å². The molecular weight excluding hydrogens is 160 g/mol. The topological polar surface area (TPSA) is 9.23 Å². The van der Waals surface area contributed by atoms with Gasteiger partial charge in [0.1, 0.15) is 5.75 Å². The number of hydrogen-bond acceptors (Lipinski definition) is 1. The summed E-state index contributed by atoms with van der Waals surface area (Å²) in [6.45, 7) is 8.41. The molecule has 0 aromatic heterocycles. The van der Waals surface area contributed by atoms with Gasteiger partial charge in [-0.05, 0) is 38.8 Å². The second kappa shape index (κ2) is 4.31. The standard InChI is InChI=1S/C12H18O/c1-5-11(4)13-12-7-6-9(2)8-10(12)3/h6-8,11H,5H2,1-4H3. The third kappa shape index (κ3) is 2.76. The van der Waals surface area contributed by atoms with Gasteiger partial charge >= 0.3 is 0 Å². The molecule has 0 amide bonds. The summed E-state index contributed by atoms with van der Waals surface area (Å²) in [5.41, 5.74) is 2.51. The lowest BCUT2D eigenvalue weighted by molar-refractivity contribution is 0.216. The Labute approximate surface area is 80.7 Å². The Morgan fingerprint density at radius 2 is 2.00 bits per heavy atom. The molecule has 0 radical (unpaired) electrons. The molecule has 0 bridgehead atoms. The van der Waals surface area contributed by atoms with Crippen molar-refractivity contribution >= 4 is 0 Å². The van der Waals surface area contributed by atoms with Crippen molar-refractivity contribution < 1.29 is 4.74 Å². The maximum absolute atomic E-state index is 5.75. The Bertz CT molecular complexity index is 278. The quantitative estimate of drug-likeness (QED) is 0.688. The van der Waals surface area contributed by atoms with E-state index < -0.39 is 0 Å². The van der Waals surface area contributed by atoms with Gasteiger partial charge in [-0.25, -0.2) is 0 Å². The minimum Gasteiger partial charge on any atom is -0.490 e. The van der Waals surface area contributed by atoms with Crippen molar-refractivity contribution in [1.82, 2.24) is 0 Å². The monoisotopic (exact) mass is 178 g/mol. The van der Waals surface area contributed by atoms with Crippen LogP contribution in [-0.2, 0) is 0 Å². The zero-order valence-corrected chi connectivity index (χ0v) is 8.92. The highest BCUT2D eigenvalue weighted by Gasteiger charge is 2.03. The molecule has 13 heavy (non-hydrogen) atoms. The Morgan fingerprint density at radius 3 is 2.54 bits per heavy atom.